The maximum absolute atomic E-state index is 12.6. The summed E-state index contributed by atoms with van der Waals surface area (Å²) in [6.45, 7) is -0.171. The summed E-state index contributed by atoms with van der Waals surface area (Å²) in [5.41, 5.74) is -1.57. The van der Waals surface area contributed by atoms with Gasteiger partial charge in [0.15, 0.2) is 0 Å². The Kier molecular flexibility index (Phi) is 5.60. The SMILES string of the molecule is O=C(NCC#Cc1cccc(C(F)(F)F)c1)c1ccc(C(F)(F)F)cc1. The Balaban J connectivity index is 1.96. The highest BCUT2D eigenvalue weighted by atomic mass is 19.4. The van der Waals surface area contributed by atoms with Crippen LogP contribution in [0.4, 0.5) is 26.3 Å². The highest BCUT2D eigenvalue weighted by Crippen LogP contribution is 2.30. The monoisotopic (exact) mass is 371 g/mol. The summed E-state index contributed by atoms with van der Waals surface area (Å²) in [5.74, 6) is 4.33. The Hall–Kier alpha value is -2.95. The molecule has 0 aliphatic rings. The first-order valence-corrected chi connectivity index (χ1v) is 7.19. The fourth-order valence-electron chi connectivity index (χ4n) is 1.96. The molecule has 0 aromatic heterocycles. The van der Waals surface area contributed by atoms with E-state index in [4.69, 9.17) is 0 Å². The quantitative estimate of drug-likeness (QED) is 0.611. The number of halogens is 6. The maximum Gasteiger partial charge on any atom is 0.416 e. The summed E-state index contributed by atoms with van der Waals surface area (Å²) in [6.07, 6.45) is -8.97. The lowest BCUT2D eigenvalue weighted by Crippen LogP contribution is -2.23. The van der Waals surface area contributed by atoms with Crippen molar-refractivity contribution in [1.29, 1.82) is 0 Å². The van der Waals surface area contributed by atoms with Crippen LogP contribution in [0.25, 0.3) is 0 Å². The van der Waals surface area contributed by atoms with Crippen molar-refractivity contribution in [3.63, 3.8) is 0 Å². The molecular weight excluding hydrogens is 360 g/mol. The summed E-state index contributed by atoms with van der Waals surface area (Å²) in [5, 5.41) is 2.36. The van der Waals surface area contributed by atoms with Gasteiger partial charge >= 0.3 is 12.4 Å². The molecule has 0 saturated carbocycles. The van der Waals surface area contributed by atoms with Crippen LogP contribution in [0.15, 0.2) is 48.5 Å². The van der Waals surface area contributed by atoms with Gasteiger partial charge < -0.3 is 5.32 Å². The molecule has 2 aromatic carbocycles. The first-order chi connectivity index (χ1) is 12.1. The van der Waals surface area contributed by atoms with E-state index in [1.807, 2.05) is 0 Å². The Morgan fingerprint density at radius 2 is 1.50 bits per heavy atom. The lowest BCUT2D eigenvalue weighted by Gasteiger charge is -2.07. The van der Waals surface area contributed by atoms with Gasteiger partial charge in [-0.1, -0.05) is 17.9 Å². The van der Waals surface area contributed by atoms with Crippen LogP contribution in [-0.2, 0) is 12.4 Å². The van der Waals surface area contributed by atoms with E-state index in [-0.39, 0.29) is 17.7 Å². The van der Waals surface area contributed by atoms with Crippen LogP contribution in [0.1, 0.15) is 27.0 Å². The number of carbonyl (C=O) groups excluding carboxylic acids is 1. The molecule has 2 aromatic rings. The number of benzene rings is 2. The molecule has 0 bridgehead atoms. The first-order valence-electron chi connectivity index (χ1n) is 7.19. The summed E-state index contributed by atoms with van der Waals surface area (Å²) in [4.78, 5) is 11.8. The molecule has 136 valence electrons. The van der Waals surface area contributed by atoms with Gasteiger partial charge in [-0.15, -0.1) is 0 Å². The molecule has 0 fully saturated rings. The van der Waals surface area contributed by atoms with E-state index in [0.717, 1.165) is 36.4 Å². The van der Waals surface area contributed by atoms with Crippen molar-refractivity contribution in [2.75, 3.05) is 6.54 Å². The topological polar surface area (TPSA) is 29.1 Å². The van der Waals surface area contributed by atoms with E-state index in [1.54, 1.807) is 0 Å². The van der Waals surface area contributed by atoms with Crippen molar-refractivity contribution in [2.24, 2.45) is 0 Å². The van der Waals surface area contributed by atoms with Gasteiger partial charge in [0.25, 0.3) is 5.91 Å². The van der Waals surface area contributed by atoms with Crippen molar-refractivity contribution in [3.8, 4) is 11.8 Å². The number of alkyl halides is 6. The predicted octanol–water partition coefficient (Wildman–Crippen LogP) is 4.51. The molecule has 26 heavy (non-hydrogen) atoms. The third-order valence-electron chi connectivity index (χ3n) is 3.23. The minimum Gasteiger partial charge on any atom is -0.341 e. The third kappa shape index (κ3) is 5.28. The van der Waals surface area contributed by atoms with Gasteiger partial charge in [0.2, 0.25) is 0 Å². The van der Waals surface area contributed by atoms with E-state index in [9.17, 15) is 31.1 Å². The van der Waals surface area contributed by atoms with Crippen molar-refractivity contribution < 1.29 is 31.1 Å². The normalized spacial score (nSPS) is 11.5. The zero-order valence-corrected chi connectivity index (χ0v) is 13.0. The number of hydrogen-bond acceptors (Lipinski definition) is 1. The average Bonchev–Trinajstić information content (AvgIpc) is 2.57. The molecule has 0 heterocycles. The number of amides is 1. The summed E-state index contributed by atoms with van der Waals surface area (Å²) < 4.78 is 75.1. The molecule has 2 nitrogen and oxygen atoms in total. The largest absolute Gasteiger partial charge is 0.416 e. The molecule has 1 N–H and O–H groups in total. The van der Waals surface area contributed by atoms with Crippen LogP contribution < -0.4 is 5.32 Å². The molecule has 0 saturated heterocycles. The average molecular weight is 371 g/mol. The number of nitrogens with one attached hydrogen (secondary N) is 1. The second kappa shape index (κ2) is 7.52. The molecule has 1 amide bonds. The van der Waals surface area contributed by atoms with Gasteiger partial charge in [-0.25, -0.2) is 0 Å². The van der Waals surface area contributed by atoms with Crippen LogP contribution in [0.2, 0.25) is 0 Å². The molecular formula is C18H11F6NO. The molecule has 0 radical (unpaired) electrons. The van der Waals surface area contributed by atoms with Crippen molar-refractivity contribution in [2.45, 2.75) is 12.4 Å². The van der Waals surface area contributed by atoms with Crippen LogP contribution in [-0.4, -0.2) is 12.5 Å². The Bertz CT molecular complexity index is 841. The van der Waals surface area contributed by atoms with Crippen LogP contribution in [0, 0.1) is 11.8 Å². The fraction of sp³-hybridized carbons (Fsp3) is 0.167. The van der Waals surface area contributed by atoms with Crippen molar-refractivity contribution >= 4 is 5.91 Å². The van der Waals surface area contributed by atoms with Crippen molar-refractivity contribution in [1.82, 2.24) is 5.32 Å². The van der Waals surface area contributed by atoms with Crippen molar-refractivity contribution in [3.05, 3.63) is 70.8 Å². The minimum atomic E-state index is -4.49. The van der Waals surface area contributed by atoms with E-state index in [2.05, 4.69) is 17.2 Å². The summed E-state index contributed by atoms with van der Waals surface area (Å²) in [6, 6.07) is 8.01. The highest BCUT2D eigenvalue weighted by molar-refractivity contribution is 5.94. The second-order valence-corrected chi connectivity index (χ2v) is 5.14. The zero-order valence-electron chi connectivity index (χ0n) is 13.0. The number of carbonyl (C=O) groups is 1. The Morgan fingerprint density at radius 1 is 0.885 bits per heavy atom. The number of hydrogen-bond donors (Lipinski definition) is 1. The third-order valence-corrected chi connectivity index (χ3v) is 3.23. The van der Waals surface area contributed by atoms with Crippen LogP contribution >= 0.6 is 0 Å². The molecule has 0 unspecified atom stereocenters. The first kappa shape index (κ1) is 19.4. The van der Waals surface area contributed by atoms with E-state index in [1.165, 1.54) is 12.1 Å². The van der Waals surface area contributed by atoms with Crippen LogP contribution in [0.3, 0.4) is 0 Å². The molecule has 2 rings (SSSR count). The predicted molar refractivity (Wildman–Crippen MR) is 82.1 cm³/mol. The molecule has 0 aliphatic carbocycles. The lowest BCUT2D eigenvalue weighted by molar-refractivity contribution is -0.138. The van der Waals surface area contributed by atoms with Gasteiger partial charge in [0.05, 0.1) is 17.7 Å². The Labute approximate surface area is 144 Å². The summed E-state index contributed by atoms with van der Waals surface area (Å²) >= 11 is 0. The minimum absolute atomic E-state index is 0.0128. The maximum atomic E-state index is 12.6. The smallest absolute Gasteiger partial charge is 0.341 e. The summed E-state index contributed by atoms with van der Waals surface area (Å²) in [7, 11) is 0. The van der Waals surface area contributed by atoms with E-state index < -0.39 is 29.4 Å². The fourth-order valence-corrected chi connectivity index (χ4v) is 1.96. The molecule has 0 aliphatic heterocycles. The van der Waals surface area contributed by atoms with Gasteiger partial charge in [0.1, 0.15) is 0 Å². The molecule has 8 heteroatoms. The number of rotatable bonds is 2. The highest BCUT2D eigenvalue weighted by Gasteiger charge is 2.30. The molecule has 0 spiro atoms. The van der Waals surface area contributed by atoms with E-state index in [0.29, 0.717) is 0 Å². The second-order valence-electron chi connectivity index (χ2n) is 5.14. The van der Waals surface area contributed by atoms with Gasteiger partial charge in [-0.05, 0) is 42.5 Å². The lowest BCUT2D eigenvalue weighted by atomic mass is 10.1. The van der Waals surface area contributed by atoms with Crippen LogP contribution in [0.5, 0.6) is 0 Å². The zero-order chi connectivity index (χ0) is 19.4. The van der Waals surface area contributed by atoms with Gasteiger partial charge in [-0.2, -0.15) is 26.3 Å². The standard InChI is InChI=1S/C18H11F6NO/c19-17(20,21)14-8-6-13(7-9-14)16(26)25-10-2-4-12-3-1-5-15(11-12)18(22,23)24/h1,3,5-9,11H,10H2,(H,25,26). The molecule has 0 atom stereocenters. The Morgan fingerprint density at radius 3 is 2.08 bits per heavy atom. The van der Waals surface area contributed by atoms with Gasteiger partial charge in [-0.3, -0.25) is 4.79 Å². The van der Waals surface area contributed by atoms with Gasteiger partial charge in [0, 0.05) is 11.1 Å². The van der Waals surface area contributed by atoms with E-state index >= 15 is 0 Å².